The molecule has 1 aromatic heterocycles. The number of benzene rings is 2. The molecule has 0 atom stereocenters. The summed E-state index contributed by atoms with van der Waals surface area (Å²) >= 11 is 12.1. The minimum Gasteiger partial charge on any atom is -0.497 e. The van der Waals surface area contributed by atoms with Crippen molar-refractivity contribution in [2.75, 3.05) is 7.11 Å². The number of furan rings is 1. The van der Waals surface area contributed by atoms with E-state index in [1.165, 1.54) is 6.08 Å². The van der Waals surface area contributed by atoms with Gasteiger partial charge in [0.2, 0.25) is 0 Å². The molecular formula is C25H24Cl2N2O4. The molecule has 0 saturated heterocycles. The number of methoxy groups -OCH3 is 1. The monoisotopic (exact) mass is 486 g/mol. The summed E-state index contributed by atoms with van der Waals surface area (Å²) in [7, 11) is 1.54. The number of hydrogen-bond donors (Lipinski definition) is 2. The molecule has 2 N–H and O–H groups in total. The van der Waals surface area contributed by atoms with Crippen molar-refractivity contribution in [1.82, 2.24) is 10.6 Å². The molecule has 1 heterocycles. The van der Waals surface area contributed by atoms with Gasteiger partial charge in [0.15, 0.2) is 0 Å². The second kappa shape index (κ2) is 10.1. The van der Waals surface area contributed by atoms with E-state index >= 15 is 0 Å². The Morgan fingerprint density at radius 3 is 2.27 bits per heavy atom. The van der Waals surface area contributed by atoms with Gasteiger partial charge in [-0.2, -0.15) is 0 Å². The molecule has 0 aliphatic carbocycles. The topological polar surface area (TPSA) is 80.6 Å². The molecule has 6 nitrogen and oxygen atoms in total. The Kier molecular flexibility index (Phi) is 7.51. The number of rotatable bonds is 6. The van der Waals surface area contributed by atoms with Crippen LogP contribution in [-0.2, 0) is 4.79 Å². The third kappa shape index (κ3) is 6.63. The first-order valence-electron chi connectivity index (χ1n) is 10.1. The SMILES string of the molecule is COc1ccc(C(=O)NC(=Cc2ccc(-c3ccc(Cl)c(Cl)c3)o2)C(=O)NC(C)(C)C)cc1. The summed E-state index contributed by atoms with van der Waals surface area (Å²) in [5.41, 5.74) is 0.643. The van der Waals surface area contributed by atoms with E-state index in [9.17, 15) is 9.59 Å². The smallest absolute Gasteiger partial charge is 0.268 e. The van der Waals surface area contributed by atoms with Gasteiger partial charge in [0, 0.05) is 22.7 Å². The number of ether oxygens (including phenoxy) is 1. The number of hydrogen-bond acceptors (Lipinski definition) is 4. The zero-order valence-electron chi connectivity index (χ0n) is 18.7. The highest BCUT2D eigenvalue weighted by molar-refractivity contribution is 6.42. The summed E-state index contributed by atoms with van der Waals surface area (Å²) in [6, 6.07) is 15.2. The molecule has 0 aliphatic rings. The van der Waals surface area contributed by atoms with Gasteiger partial charge in [-0.1, -0.05) is 23.2 Å². The average Bonchev–Trinajstić information content (AvgIpc) is 3.22. The lowest BCUT2D eigenvalue weighted by atomic mass is 10.1. The highest BCUT2D eigenvalue weighted by atomic mass is 35.5. The summed E-state index contributed by atoms with van der Waals surface area (Å²) in [6.07, 6.45) is 1.48. The standard InChI is InChI=1S/C25H24Cl2N2O4/c1-25(2,3)29-24(31)21(28-23(30)15-5-8-17(32-4)9-6-15)14-18-10-12-22(33-18)16-7-11-19(26)20(27)13-16/h5-14H,1-4H3,(H,28,30)(H,29,31). The van der Waals surface area contributed by atoms with Gasteiger partial charge in [-0.15, -0.1) is 0 Å². The normalized spacial score (nSPS) is 11.8. The zero-order chi connectivity index (χ0) is 24.2. The molecule has 0 aliphatic heterocycles. The van der Waals surface area contributed by atoms with Crippen LogP contribution in [0.25, 0.3) is 17.4 Å². The number of amides is 2. The van der Waals surface area contributed by atoms with Crippen molar-refractivity contribution < 1.29 is 18.7 Å². The predicted molar refractivity (Wildman–Crippen MR) is 130 cm³/mol. The van der Waals surface area contributed by atoms with Crippen molar-refractivity contribution in [3.8, 4) is 17.1 Å². The van der Waals surface area contributed by atoms with Crippen molar-refractivity contribution in [1.29, 1.82) is 0 Å². The molecule has 3 aromatic rings. The van der Waals surface area contributed by atoms with Gasteiger partial charge >= 0.3 is 0 Å². The molecule has 33 heavy (non-hydrogen) atoms. The fraction of sp³-hybridized carbons (Fsp3) is 0.200. The second-order valence-electron chi connectivity index (χ2n) is 8.28. The molecule has 2 amide bonds. The molecule has 0 radical (unpaired) electrons. The number of carbonyl (C=O) groups is 2. The summed E-state index contributed by atoms with van der Waals surface area (Å²) in [5, 5.41) is 6.37. The van der Waals surface area contributed by atoms with Gasteiger partial charge in [0.25, 0.3) is 11.8 Å². The van der Waals surface area contributed by atoms with Crippen molar-refractivity contribution in [2.45, 2.75) is 26.3 Å². The van der Waals surface area contributed by atoms with E-state index in [1.807, 2.05) is 20.8 Å². The molecule has 172 valence electrons. The molecule has 2 aromatic carbocycles. The van der Waals surface area contributed by atoms with Crippen molar-refractivity contribution in [2.24, 2.45) is 0 Å². The largest absolute Gasteiger partial charge is 0.497 e. The first kappa shape index (κ1) is 24.4. The van der Waals surface area contributed by atoms with Crippen molar-refractivity contribution >= 4 is 41.1 Å². The molecular weight excluding hydrogens is 463 g/mol. The fourth-order valence-corrected chi connectivity index (χ4v) is 3.18. The quantitative estimate of drug-likeness (QED) is 0.422. The van der Waals surface area contributed by atoms with Crippen LogP contribution < -0.4 is 15.4 Å². The molecule has 0 bridgehead atoms. The Balaban J connectivity index is 1.90. The van der Waals surface area contributed by atoms with Crippen LogP contribution >= 0.6 is 23.2 Å². The molecule has 0 fully saturated rings. The summed E-state index contributed by atoms with van der Waals surface area (Å²) in [4.78, 5) is 25.7. The van der Waals surface area contributed by atoms with Gasteiger partial charge in [-0.05, 0) is 75.4 Å². The first-order valence-corrected chi connectivity index (χ1v) is 10.9. The minimum atomic E-state index is -0.505. The van der Waals surface area contributed by atoms with E-state index in [4.69, 9.17) is 32.4 Å². The first-order chi connectivity index (χ1) is 15.6. The van der Waals surface area contributed by atoms with E-state index in [1.54, 1.807) is 61.7 Å². The van der Waals surface area contributed by atoms with Crippen LogP contribution in [0.2, 0.25) is 10.0 Å². The maximum atomic E-state index is 12.9. The molecule has 8 heteroatoms. The van der Waals surface area contributed by atoms with Crippen LogP contribution in [0.3, 0.4) is 0 Å². The van der Waals surface area contributed by atoms with Gasteiger partial charge in [0.05, 0.1) is 17.2 Å². The highest BCUT2D eigenvalue weighted by Gasteiger charge is 2.20. The minimum absolute atomic E-state index is 0.0424. The Bertz CT molecular complexity index is 1190. The van der Waals surface area contributed by atoms with Gasteiger partial charge in [-0.3, -0.25) is 9.59 Å². The summed E-state index contributed by atoms with van der Waals surface area (Å²) in [6.45, 7) is 5.55. The van der Waals surface area contributed by atoms with Crippen LogP contribution in [-0.4, -0.2) is 24.5 Å². The van der Waals surface area contributed by atoms with Gasteiger partial charge < -0.3 is 19.8 Å². The van der Waals surface area contributed by atoms with E-state index in [0.29, 0.717) is 32.9 Å². The average molecular weight is 487 g/mol. The number of halogens is 2. The lowest BCUT2D eigenvalue weighted by Crippen LogP contribution is -2.44. The van der Waals surface area contributed by atoms with E-state index in [-0.39, 0.29) is 5.70 Å². The number of nitrogens with one attached hydrogen (secondary N) is 2. The van der Waals surface area contributed by atoms with Gasteiger partial charge in [0.1, 0.15) is 23.0 Å². The molecule has 0 saturated carbocycles. The molecule has 0 unspecified atom stereocenters. The second-order valence-corrected chi connectivity index (χ2v) is 9.09. The van der Waals surface area contributed by atoms with Crippen LogP contribution in [0.5, 0.6) is 5.75 Å². The Labute approximate surface area is 202 Å². The number of carbonyl (C=O) groups excluding carboxylic acids is 2. The van der Waals surface area contributed by atoms with Crippen LogP contribution in [0.4, 0.5) is 0 Å². The zero-order valence-corrected chi connectivity index (χ0v) is 20.2. The van der Waals surface area contributed by atoms with Crippen molar-refractivity contribution in [3.05, 3.63) is 81.7 Å². The highest BCUT2D eigenvalue weighted by Crippen LogP contribution is 2.30. The van der Waals surface area contributed by atoms with E-state index in [2.05, 4.69) is 10.6 Å². The third-order valence-corrected chi connectivity index (χ3v) is 5.19. The van der Waals surface area contributed by atoms with E-state index in [0.717, 1.165) is 5.56 Å². The Morgan fingerprint density at radius 1 is 0.970 bits per heavy atom. The van der Waals surface area contributed by atoms with Gasteiger partial charge in [-0.25, -0.2) is 0 Å². The molecule has 0 spiro atoms. The maximum Gasteiger partial charge on any atom is 0.268 e. The third-order valence-electron chi connectivity index (χ3n) is 4.45. The van der Waals surface area contributed by atoms with Crippen LogP contribution in [0.15, 0.2) is 64.7 Å². The Morgan fingerprint density at radius 2 is 1.67 bits per heavy atom. The lowest BCUT2D eigenvalue weighted by molar-refractivity contribution is -0.119. The van der Waals surface area contributed by atoms with Crippen LogP contribution in [0, 0.1) is 0 Å². The summed E-state index contributed by atoms with van der Waals surface area (Å²) < 4.78 is 11.0. The summed E-state index contributed by atoms with van der Waals surface area (Å²) in [5.74, 6) is 0.654. The molecule has 3 rings (SSSR count). The van der Waals surface area contributed by atoms with E-state index < -0.39 is 17.4 Å². The Hall–Kier alpha value is -3.22. The predicted octanol–water partition coefficient (Wildman–Crippen LogP) is 5.95. The van der Waals surface area contributed by atoms with Crippen molar-refractivity contribution in [3.63, 3.8) is 0 Å². The maximum absolute atomic E-state index is 12.9. The van der Waals surface area contributed by atoms with Crippen LogP contribution in [0.1, 0.15) is 36.9 Å². The fourth-order valence-electron chi connectivity index (χ4n) is 2.88. The lowest BCUT2D eigenvalue weighted by Gasteiger charge is -2.21.